The number of hydrogen-bond donors (Lipinski definition) is 2. The van der Waals surface area contributed by atoms with Crippen LogP contribution < -0.4 is 10.6 Å². The Morgan fingerprint density at radius 3 is 2.27 bits per heavy atom. The van der Waals surface area contributed by atoms with Crippen LogP contribution in [-0.2, 0) is 9.53 Å². The number of hydrogen-bond acceptors (Lipinski definition) is 3. The zero-order valence-electron chi connectivity index (χ0n) is 13.0. The molecule has 0 radical (unpaired) electrons. The first kappa shape index (κ1) is 18.6. The summed E-state index contributed by atoms with van der Waals surface area (Å²) in [6.07, 6.45) is -2.56. The molecule has 0 bridgehead atoms. The molecule has 0 spiro atoms. The van der Waals surface area contributed by atoms with E-state index >= 15 is 0 Å². The van der Waals surface area contributed by atoms with E-state index in [0.717, 1.165) is 12.8 Å². The molecule has 2 amide bonds. The summed E-state index contributed by atoms with van der Waals surface area (Å²) >= 11 is 0. The van der Waals surface area contributed by atoms with Crippen LogP contribution in [-0.4, -0.2) is 36.4 Å². The SMILES string of the molecule is CC(C)(C)OC(=O)N[C@H]1CCCC[C@H]1C(=O)NCC(F)(F)F. The van der Waals surface area contributed by atoms with Gasteiger partial charge in [0, 0.05) is 6.04 Å². The molecule has 128 valence electrons. The number of amides is 2. The molecule has 8 heteroatoms. The van der Waals surface area contributed by atoms with Gasteiger partial charge in [-0.05, 0) is 33.6 Å². The van der Waals surface area contributed by atoms with Crippen LogP contribution in [0.5, 0.6) is 0 Å². The van der Waals surface area contributed by atoms with Gasteiger partial charge in [-0.2, -0.15) is 13.2 Å². The number of carbonyl (C=O) groups excluding carboxylic acids is 2. The van der Waals surface area contributed by atoms with E-state index in [1.807, 2.05) is 5.32 Å². The Bertz CT molecular complexity index is 405. The standard InChI is InChI=1S/C14H23F3N2O3/c1-13(2,3)22-12(21)19-10-7-5-4-6-9(10)11(20)18-8-14(15,16)17/h9-10H,4-8H2,1-3H3,(H,18,20)(H,19,21)/t9-,10+/m1/s1. The van der Waals surface area contributed by atoms with E-state index in [1.54, 1.807) is 20.8 Å². The summed E-state index contributed by atoms with van der Waals surface area (Å²) in [5, 5.41) is 4.49. The van der Waals surface area contributed by atoms with Gasteiger partial charge in [-0.3, -0.25) is 4.79 Å². The van der Waals surface area contributed by atoms with Crippen molar-refractivity contribution in [2.75, 3.05) is 6.54 Å². The van der Waals surface area contributed by atoms with Gasteiger partial charge in [0.25, 0.3) is 0 Å². The van der Waals surface area contributed by atoms with Crippen LogP contribution in [0.3, 0.4) is 0 Å². The van der Waals surface area contributed by atoms with Crippen LogP contribution in [0.4, 0.5) is 18.0 Å². The van der Waals surface area contributed by atoms with Gasteiger partial charge in [0.15, 0.2) is 0 Å². The highest BCUT2D eigenvalue weighted by Gasteiger charge is 2.35. The summed E-state index contributed by atoms with van der Waals surface area (Å²) in [5.74, 6) is -1.35. The highest BCUT2D eigenvalue weighted by molar-refractivity contribution is 5.80. The lowest BCUT2D eigenvalue weighted by Crippen LogP contribution is -2.50. The maximum absolute atomic E-state index is 12.2. The van der Waals surface area contributed by atoms with Crippen LogP contribution in [0.1, 0.15) is 46.5 Å². The van der Waals surface area contributed by atoms with E-state index in [1.165, 1.54) is 0 Å². The van der Waals surface area contributed by atoms with Crippen LogP contribution in [0, 0.1) is 5.92 Å². The molecule has 0 saturated heterocycles. The summed E-state index contributed by atoms with van der Waals surface area (Å²) in [5.41, 5.74) is -0.674. The zero-order valence-corrected chi connectivity index (χ0v) is 13.0. The predicted octanol–water partition coefficient (Wildman–Crippen LogP) is 2.75. The van der Waals surface area contributed by atoms with E-state index in [9.17, 15) is 22.8 Å². The van der Waals surface area contributed by atoms with E-state index < -0.39 is 42.3 Å². The lowest BCUT2D eigenvalue weighted by Gasteiger charge is -2.32. The highest BCUT2D eigenvalue weighted by atomic mass is 19.4. The van der Waals surface area contributed by atoms with Crippen molar-refractivity contribution in [3.63, 3.8) is 0 Å². The Hall–Kier alpha value is -1.47. The van der Waals surface area contributed by atoms with Gasteiger partial charge < -0.3 is 15.4 Å². The Morgan fingerprint density at radius 2 is 1.73 bits per heavy atom. The number of alkyl carbamates (subject to hydrolysis) is 1. The van der Waals surface area contributed by atoms with Crippen LogP contribution in [0.15, 0.2) is 0 Å². The minimum absolute atomic E-state index is 0.449. The third-order valence-corrected chi connectivity index (χ3v) is 3.27. The average molecular weight is 324 g/mol. The van der Waals surface area contributed by atoms with E-state index in [-0.39, 0.29) is 0 Å². The van der Waals surface area contributed by atoms with Crippen molar-refractivity contribution in [2.45, 2.75) is 64.3 Å². The monoisotopic (exact) mass is 324 g/mol. The molecule has 2 atom stereocenters. The fourth-order valence-corrected chi connectivity index (χ4v) is 2.39. The molecule has 1 aliphatic carbocycles. The van der Waals surface area contributed by atoms with Crippen LogP contribution in [0.25, 0.3) is 0 Å². The minimum Gasteiger partial charge on any atom is -0.444 e. The topological polar surface area (TPSA) is 67.4 Å². The third-order valence-electron chi connectivity index (χ3n) is 3.27. The first-order chi connectivity index (χ1) is 9.98. The van der Waals surface area contributed by atoms with Gasteiger partial charge in [-0.1, -0.05) is 12.8 Å². The van der Waals surface area contributed by atoms with Crippen molar-refractivity contribution in [1.82, 2.24) is 10.6 Å². The molecule has 2 N–H and O–H groups in total. The highest BCUT2D eigenvalue weighted by Crippen LogP contribution is 2.25. The van der Waals surface area contributed by atoms with Crippen molar-refractivity contribution >= 4 is 12.0 Å². The number of ether oxygens (including phenoxy) is 1. The van der Waals surface area contributed by atoms with Crippen molar-refractivity contribution in [1.29, 1.82) is 0 Å². The summed E-state index contributed by atoms with van der Waals surface area (Å²) in [6.45, 7) is 3.77. The Balaban J connectivity index is 2.59. The molecule has 22 heavy (non-hydrogen) atoms. The third kappa shape index (κ3) is 7.00. The fourth-order valence-electron chi connectivity index (χ4n) is 2.39. The molecular formula is C14H23F3N2O3. The molecule has 1 saturated carbocycles. The number of halogens is 3. The Morgan fingerprint density at radius 1 is 1.14 bits per heavy atom. The molecule has 1 aliphatic rings. The summed E-state index contributed by atoms with van der Waals surface area (Å²) in [6, 6.07) is -0.503. The predicted molar refractivity (Wildman–Crippen MR) is 74.2 cm³/mol. The van der Waals surface area contributed by atoms with E-state index in [2.05, 4.69) is 5.32 Å². The van der Waals surface area contributed by atoms with Crippen LogP contribution in [0.2, 0.25) is 0 Å². The van der Waals surface area contributed by atoms with E-state index in [0.29, 0.717) is 12.8 Å². The normalized spacial score (nSPS) is 22.8. The van der Waals surface area contributed by atoms with Gasteiger partial charge in [0.05, 0.1) is 5.92 Å². The van der Waals surface area contributed by atoms with Gasteiger partial charge in [-0.25, -0.2) is 4.79 Å². The number of carbonyl (C=O) groups is 2. The Kier molecular flexibility index (Phi) is 6.08. The van der Waals surface area contributed by atoms with Crippen LogP contribution >= 0.6 is 0 Å². The second-order valence-electron chi connectivity index (χ2n) is 6.48. The number of nitrogens with one attached hydrogen (secondary N) is 2. The molecule has 0 aromatic carbocycles. The molecule has 0 heterocycles. The number of rotatable bonds is 3. The first-order valence-corrected chi connectivity index (χ1v) is 7.32. The van der Waals surface area contributed by atoms with Gasteiger partial charge >= 0.3 is 12.3 Å². The molecule has 0 aromatic rings. The summed E-state index contributed by atoms with van der Waals surface area (Å²) in [7, 11) is 0. The second kappa shape index (κ2) is 7.19. The maximum Gasteiger partial charge on any atom is 0.407 e. The first-order valence-electron chi connectivity index (χ1n) is 7.32. The lowest BCUT2D eigenvalue weighted by molar-refractivity contribution is -0.141. The summed E-state index contributed by atoms with van der Waals surface area (Å²) < 4.78 is 41.6. The average Bonchev–Trinajstić information content (AvgIpc) is 2.33. The van der Waals surface area contributed by atoms with Crippen molar-refractivity contribution in [3.8, 4) is 0 Å². The molecule has 0 aliphatic heterocycles. The number of alkyl halides is 3. The second-order valence-corrected chi connectivity index (χ2v) is 6.48. The maximum atomic E-state index is 12.2. The Labute approximate surface area is 128 Å². The molecular weight excluding hydrogens is 301 g/mol. The molecule has 0 aromatic heterocycles. The molecule has 1 rings (SSSR count). The van der Waals surface area contributed by atoms with E-state index in [4.69, 9.17) is 4.74 Å². The smallest absolute Gasteiger partial charge is 0.407 e. The summed E-state index contributed by atoms with van der Waals surface area (Å²) in [4.78, 5) is 23.7. The van der Waals surface area contributed by atoms with Crippen molar-refractivity contribution in [2.24, 2.45) is 5.92 Å². The quantitative estimate of drug-likeness (QED) is 0.839. The molecule has 5 nitrogen and oxygen atoms in total. The van der Waals surface area contributed by atoms with Gasteiger partial charge in [-0.15, -0.1) is 0 Å². The van der Waals surface area contributed by atoms with Gasteiger partial charge in [0.2, 0.25) is 5.91 Å². The molecule has 1 fully saturated rings. The molecule has 0 unspecified atom stereocenters. The van der Waals surface area contributed by atoms with Gasteiger partial charge in [0.1, 0.15) is 12.1 Å². The largest absolute Gasteiger partial charge is 0.444 e. The zero-order chi connectivity index (χ0) is 17.0. The minimum atomic E-state index is -4.45. The fraction of sp³-hybridized carbons (Fsp3) is 0.857. The lowest BCUT2D eigenvalue weighted by atomic mass is 9.84. The van der Waals surface area contributed by atoms with Crippen molar-refractivity contribution < 1.29 is 27.5 Å². The van der Waals surface area contributed by atoms with Crippen molar-refractivity contribution in [3.05, 3.63) is 0 Å².